The van der Waals surface area contributed by atoms with E-state index in [0.29, 0.717) is 16.7 Å². The second-order valence-electron chi connectivity index (χ2n) is 6.33. The Morgan fingerprint density at radius 2 is 2.09 bits per heavy atom. The van der Waals surface area contributed by atoms with E-state index in [0.717, 1.165) is 11.1 Å². The van der Waals surface area contributed by atoms with Gasteiger partial charge in [-0.15, -0.1) is 0 Å². The predicted octanol–water partition coefficient (Wildman–Crippen LogP) is 4.89. The van der Waals surface area contributed by atoms with Gasteiger partial charge in [0, 0.05) is 36.4 Å². The summed E-state index contributed by atoms with van der Waals surface area (Å²) >= 11 is 0. The van der Waals surface area contributed by atoms with E-state index >= 15 is 0 Å². The molecule has 0 radical (unpaired) electrons. The second-order valence-corrected chi connectivity index (χ2v) is 6.33. The lowest BCUT2D eigenvalue weighted by molar-refractivity contribution is -0.0652. The molecule has 2 nitrogen and oxygen atoms in total. The van der Waals surface area contributed by atoms with Gasteiger partial charge in [0.2, 0.25) is 0 Å². The topological polar surface area (TPSA) is 16.1 Å². The first-order chi connectivity index (χ1) is 10.8. The molecule has 0 bridgehead atoms. The number of benzene rings is 1. The molecule has 3 rings (SSSR count). The van der Waals surface area contributed by atoms with Crippen molar-refractivity contribution in [1.29, 1.82) is 0 Å². The molecule has 1 aromatic heterocycles. The highest BCUT2D eigenvalue weighted by Gasteiger charge is 2.41. The summed E-state index contributed by atoms with van der Waals surface area (Å²) in [5, 5.41) is 0.683. The molecular weight excluding hydrogens is 301 g/mol. The molecule has 1 atom stereocenters. The summed E-state index contributed by atoms with van der Waals surface area (Å²) in [6.45, 7) is 7.84. The van der Waals surface area contributed by atoms with Gasteiger partial charge < -0.3 is 4.90 Å². The highest BCUT2D eigenvalue weighted by Crippen LogP contribution is 2.37. The molecule has 1 unspecified atom stereocenters. The Bertz CT molecular complexity index is 770. The predicted molar refractivity (Wildman–Crippen MR) is 87.4 cm³/mol. The molecule has 122 valence electrons. The van der Waals surface area contributed by atoms with Crippen molar-refractivity contribution in [2.45, 2.75) is 26.2 Å². The van der Waals surface area contributed by atoms with Gasteiger partial charge in [-0.25, -0.2) is 18.2 Å². The van der Waals surface area contributed by atoms with Gasteiger partial charge in [0.1, 0.15) is 11.6 Å². The van der Waals surface area contributed by atoms with Gasteiger partial charge in [-0.2, -0.15) is 0 Å². The number of anilines is 1. The number of hydrogen-bond donors (Lipinski definition) is 0. The summed E-state index contributed by atoms with van der Waals surface area (Å²) in [4.78, 5) is 6.48. The van der Waals surface area contributed by atoms with Crippen molar-refractivity contribution in [3.05, 3.63) is 42.2 Å². The van der Waals surface area contributed by atoms with Crippen LogP contribution in [0.4, 0.5) is 19.0 Å². The third-order valence-electron chi connectivity index (χ3n) is 4.45. The molecule has 0 aliphatic carbocycles. The van der Waals surface area contributed by atoms with E-state index in [1.165, 1.54) is 12.1 Å². The first-order valence-corrected chi connectivity index (χ1v) is 7.67. The molecule has 1 fully saturated rings. The zero-order chi connectivity index (χ0) is 16.8. The highest BCUT2D eigenvalue weighted by molar-refractivity contribution is 5.87. The quantitative estimate of drug-likeness (QED) is 0.783. The molecule has 2 aromatic rings. The van der Waals surface area contributed by atoms with Crippen LogP contribution in [0, 0.1) is 11.7 Å². The van der Waals surface area contributed by atoms with Crippen molar-refractivity contribution in [2.24, 2.45) is 5.92 Å². The van der Waals surface area contributed by atoms with Crippen molar-refractivity contribution < 1.29 is 13.2 Å². The molecule has 1 aliphatic heterocycles. The fraction of sp³-hybridized carbons (Fsp3) is 0.389. The summed E-state index contributed by atoms with van der Waals surface area (Å²) in [6.07, 6.45) is -0.188. The van der Waals surface area contributed by atoms with Crippen molar-refractivity contribution in [1.82, 2.24) is 4.98 Å². The molecule has 1 aromatic carbocycles. The Balaban J connectivity index is 2.07. The van der Waals surface area contributed by atoms with Gasteiger partial charge in [0.15, 0.2) is 0 Å². The first-order valence-electron chi connectivity index (χ1n) is 7.67. The van der Waals surface area contributed by atoms with Gasteiger partial charge in [0.05, 0.1) is 5.52 Å². The molecule has 0 amide bonds. The molecule has 1 aliphatic rings. The van der Waals surface area contributed by atoms with Gasteiger partial charge in [-0.1, -0.05) is 13.5 Å². The van der Waals surface area contributed by atoms with Crippen molar-refractivity contribution in [2.75, 3.05) is 18.0 Å². The van der Waals surface area contributed by atoms with Crippen LogP contribution in [0.25, 0.3) is 16.5 Å². The van der Waals surface area contributed by atoms with E-state index in [4.69, 9.17) is 0 Å². The number of nitrogens with zero attached hydrogens (tertiary/aromatic N) is 2. The lowest BCUT2D eigenvalue weighted by Crippen LogP contribution is -2.46. The zero-order valence-corrected chi connectivity index (χ0v) is 13.2. The standard InChI is InChI=1S/C18H19F3N2/c1-11(2)15-9-13-8-14(19)4-5-16(13)22-17(15)23-7-6-18(20,21)12(3)10-23/h4-5,8-9,12H,1,6-7,10H2,2-3H3. The van der Waals surface area contributed by atoms with Crippen LogP contribution in [0.5, 0.6) is 0 Å². The number of halogens is 3. The van der Waals surface area contributed by atoms with Crippen LogP contribution in [0.15, 0.2) is 30.8 Å². The number of piperidine rings is 1. The van der Waals surface area contributed by atoms with E-state index in [1.54, 1.807) is 13.0 Å². The second kappa shape index (κ2) is 5.55. The zero-order valence-electron chi connectivity index (χ0n) is 13.2. The molecule has 0 spiro atoms. The van der Waals surface area contributed by atoms with Gasteiger partial charge >= 0.3 is 0 Å². The monoisotopic (exact) mass is 320 g/mol. The number of allylic oxidation sites excluding steroid dienone is 1. The highest BCUT2D eigenvalue weighted by atomic mass is 19.3. The maximum atomic E-state index is 13.7. The van der Waals surface area contributed by atoms with Crippen LogP contribution in [0.3, 0.4) is 0 Å². The van der Waals surface area contributed by atoms with Crippen LogP contribution < -0.4 is 4.90 Å². The number of rotatable bonds is 2. The van der Waals surface area contributed by atoms with E-state index in [2.05, 4.69) is 11.6 Å². The van der Waals surface area contributed by atoms with Crippen LogP contribution in [0.2, 0.25) is 0 Å². The van der Waals surface area contributed by atoms with Gasteiger partial charge in [0.25, 0.3) is 5.92 Å². The largest absolute Gasteiger partial charge is 0.355 e. The van der Waals surface area contributed by atoms with E-state index in [1.807, 2.05) is 17.9 Å². The number of aromatic nitrogens is 1. The molecular formula is C18H19F3N2. The van der Waals surface area contributed by atoms with E-state index in [-0.39, 0.29) is 25.3 Å². The van der Waals surface area contributed by atoms with Crippen LogP contribution >= 0.6 is 0 Å². The minimum absolute atomic E-state index is 0.188. The minimum Gasteiger partial charge on any atom is -0.355 e. The van der Waals surface area contributed by atoms with E-state index in [9.17, 15) is 13.2 Å². The third-order valence-corrected chi connectivity index (χ3v) is 4.45. The number of alkyl halides is 2. The lowest BCUT2D eigenvalue weighted by Gasteiger charge is -2.38. The van der Waals surface area contributed by atoms with Crippen LogP contribution in [-0.4, -0.2) is 24.0 Å². The number of fused-ring (bicyclic) bond motifs is 1. The van der Waals surface area contributed by atoms with Crippen LogP contribution in [-0.2, 0) is 0 Å². The lowest BCUT2D eigenvalue weighted by atomic mass is 9.94. The maximum absolute atomic E-state index is 13.7. The molecule has 0 N–H and O–H groups in total. The summed E-state index contributed by atoms with van der Waals surface area (Å²) < 4.78 is 40.9. The normalized spacial score (nSPS) is 20.7. The van der Waals surface area contributed by atoms with Gasteiger partial charge in [-0.05, 0) is 36.8 Å². The maximum Gasteiger partial charge on any atom is 0.254 e. The molecule has 5 heteroatoms. The Labute approximate surface area is 133 Å². The molecule has 2 heterocycles. The Morgan fingerprint density at radius 1 is 1.35 bits per heavy atom. The summed E-state index contributed by atoms with van der Waals surface area (Å²) in [6, 6.07) is 6.22. The third kappa shape index (κ3) is 2.92. The minimum atomic E-state index is -2.64. The van der Waals surface area contributed by atoms with Crippen molar-refractivity contribution >= 4 is 22.3 Å². The first kappa shape index (κ1) is 15.8. The Hall–Kier alpha value is -2.04. The van der Waals surface area contributed by atoms with Crippen LogP contribution in [0.1, 0.15) is 25.8 Å². The Kier molecular flexibility index (Phi) is 3.82. The average molecular weight is 320 g/mol. The molecule has 23 heavy (non-hydrogen) atoms. The summed E-state index contributed by atoms with van der Waals surface area (Å²) in [5.74, 6) is -3.05. The van der Waals surface area contributed by atoms with Gasteiger partial charge in [-0.3, -0.25) is 0 Å². The van der Waals surface area contributed by atoms with E-state index < -0.39 is 11.8 Å². The molecule has 1 saturated heterocycles. The molecule has 0 saturated carbocycles. The fourth-order valence-corrected chi connectivity index (χ4v) is 2.97. The van der Waals surface area contributed by atoms with Crippen molar-refractivity contribution in [3.8, 4) is 0 Å². The summed E-state index contributed by atoms with van der Waals surface area (Å²) in [7, 11) is 0. The SMILES string of the molecule is C=C(C)c1cc2cc(F)ccc2nc1N1CCC(F)(F)C(C)C1. The average Bonchev–Trinajstić information content (AvgIpc) is 2.48. The number of pyridine rings is 1. The summed E-state index contributed by atoms with van der Waals surface area (Å²) in [5.41, 5.74) is 2.21. The Morgan fingerprint density at radius 3 is 2.74 bits per heavy atom. The van der Waals surface area contributed by atoms with Crippen molar-refractivity contribution in [3.63, 3.8) is 0 Å². The fourth-order valence-electron chi connectivity index (χ4n) is 2.97. The number of hydrogen-bond acceptors (Lipinski definition) is 2. The smallest absolute Gasteiger partial charge is 0.254 e.